The monoisotopic (exact) mass is 330 g/mol. The van der Waals surface area contributed by atoms with Gasteiger partial charge in [0.25, 0.3) is 0 Å². The molecule has 1 aromatic rings. The first-order valence-electron chi connectivity index (χ1n) is 8.84. The first-order valence-corrected chi connectivity index (χ1v) is 8.84. The Bertz CT molecular complexity index is 590. The zero-order valence-corrected chi connectivity index (χ0v) is 14.5. The van der Waals surface area contributed by atoms with Crippen molar-refractivity contribution in [1.82, 2.24) is 9.80 Å². The number of carbonyl (C=O) groups is 2. The molecule has 3 atom stereocenters. The second-order valence-electron chi connectivity index (χ2n) is 6.78. The van der Waals surface area contributed by atoms with Gasteiger partial charge in [0.1, 0.15) is 6.04 Å². The van der Waals surface area contributed by atoms with Gasteiger partial charge in [0, 0.05) is 19.5 Å². The molecule has 0 bridgehead atoms. The molecule has 2 fully saturated rings. The van der Waals surface area contributed by atoms with E-state index in [9.17, 15) is 9.59 Å². The van der Waals surface area contributed by atoms with Gasteiger partial charge in [-0.25, -0.2) is 0 Å². The summed E-state index contributed by atoms with van der Waals surface area (Å²) in [6, 6.07) is 9.49. The fraction of sp³-hybridized carbons (Fsp3) is 0.579. The van der Waals surface area contributed by atoms with Crippen LogP contribution in [0.2, 0.25) is 0 Å². The summed E-state index contributed by atoms with van der Waals surface area (Å²) in [6.45, 7) is 5.58. The molecule has 0 spiro atoms. The molecule has 2 heterocycles. The van der Waals surface area contributed by atoms with Crippen molar-refractivity contribution in [3.05, 3.63) is 35.9 Å². The van der Waals surface area contributed by atoms with Crippen LogP contribution in [-0.4, -0.2) is 53.5 Å². The van der Waals surface area contributed by atoms with Crippen LogP contribution < -0.4 is 0 Å². The van der Waals surface area contributed by atoms with E-state index in [1.807, 2.05) is 49.1 Å². The van der Waals surface area contributed by atoms with Crippen molar-refractivity contribution in [3.63, 3.8) is 0 Å². The van der Waals surface area contributed by atoms with Crippen LogP contribution in [0.1, 0.15) is 44.7 Å². The average Bonchev–Trinajstić information content (AvgIpc) is 2.61. The van der Waals surface area contributed by atoms with Crippen molar-refractivity contribution >= 4 is 11.8 Å². The molecule has 2 saturated heterocycles. The van der Waals surface area contributed by atoms with E-state index in [0.717, 1.165) is 18.4 Å². The highest BCUT2D eigenvalue weighted by Crippen LogP contribution is 2.28. The van der Waals surface area contributed by atoms with Gasteiger partial charge in [-0.05, 0) is 32.3 Å². The molecule has 5 nitrogen and oxygen atoms in total. The Hall–Kier alpha value is -1.88. The van der Waals surface area contributed by atoms with Crippen LogP contribution in [0.25, 0.3) is 0 Å². The standard InChI is InChI=1S/C19H26N2O3/c1-14-12-21(17(13-24-14)16-8-4-3-5-9-16)19(23)15(2)20-11-7-6-10-18(20)22/h3-5,8-9,14-15,17H,6-7,10-13H2,1-2H3/t14-,15+,17-/m1/s1. The summed E-state index contributed by atoms with van der Waals surface area (Å²) < 4.78 is 5.80. The number of nitrogens with zero attached hydrogens (tertiary/aromatic N) is 2. The lowest BCUT2D eigenvalue weighted by atomic mass is 10.0. The van der Waals surface area contributed by atoms with Gasteiger partial charge in [-0.2, -0.15) is 0 Å². The Kier molecular flexibility index (Phi) is 5.19. The highest BCUT2D eigenvalue weighted by Gasteiger charge is 2.37. The van der Waals surface area contributed by atoms with Gasteiger partial charge in [0.05, 0.1) is 18.8 Å². The number of benzene rings is 1. The number of likely N-dealkylation sites (tertiary alicyclic amines) is 1. The van der Waals surface area contributed by atoms with E-state index < -0.39 is 6.04 Å². The lowest BCUT2D eigenvalue weighted by Crippen LogP contribution is -2.55. The van der Waals surface area contributed by atoms with Crippen molar-refractivity contribution in [2.24, 2.45) is 0 Å². The van der Waals surface area contributed by atoms with Crippen LogP contribution in [0, 0.1) is 0 Å². The fourth-order valence-electron chi connectivity index (χ4n) is 3.61. The van der Waals surface area contributed by atoms with E-state index in [-0.39, 0.29) is 24.0 Å². The molecule has 2 amide bonds. The first-order chi connectivity index (χ1) is 11.6. The van der Waals surface area contributed by atoms with Crippen LogP contribution in [0.15, 0.2) is 30.3 Å². The summed E-state index contributed by atoms with van der Waals surface area (Å²) in [7, 11) is 0. The molecule has 2 aliphatic heterocycles. The second kappa shape index (κ2) is 7.34. The summed E-state index contributed by atoms with van der Waals surface area (Å²) in [4.78, 5) is 29.0. The third-order valence-electron chi connectivity index (χ3n) is 5.02. The Balaban J connectivity index is 1.80. The number of hydrogen-bond acceptors (Lipinski definition) is 3. The maximum Gasteiger partial charge on any atom is 0.245 e. The minimum atomic E-state index is -0.408. The number of piperidine rings is 1. The van der Waals surface area contributed by atoms with Crippen LogP contribution >= 0.6 is 0 Å². The van der Waals surface area contributed by atoms with E-state index in [4.69, 9.17) is 4.74 Å². The van der Waals surface area contributed by atoms with Crippen LogP contribution in [-0.2, 0) is 14.3 Å². The number of ether oxygens (including phenoxy) is 1. The van der Waals surface area contributed by atoms with Gasteiger partial charge in [-0.3, -0.25) is 9.59 Å². The van der Waals surface area contributed by atoms with Gasteiger partial charge >= 0.3 is 0 Å². The summed E-state index contributed by atoms with van der Waals surface area (Å²) in [5.41, 5.74) is 1.08. The van der Waals surface area contributed by atoms with E-state index >= 15 is 0 Å². The van der Waals surface area contributed by atoms with Gasteiger partial charge in [-0.1, -0.05) is 30.3 Å². The molecule has 0 saturated carbocycles. The number of hydrogen-bond donors (Lipinski definition) is 0. The highest BCUT2D eigenvalue weighted by molar-refractivity contribution is 5.88. The Morgan fingerprint density at radius 3 is 2.71 bits per heavy atom. The first kappa shape index (κ1) is 17.0. The highest BCUT2D eigenvalue weighted by atomic mass is 16.5. The van der Waals surface area contributed by atoms with Gasteiger partial charge < -0.3 is 14.5 Å². The van der Waals surface area contributed by atoms with Gasteiger partial charge in [0.15, 0.2) is 0 Å². The topological polar surface area (TPSA) is 49.9 Å². The third-order valence-corrected chi connectivity index (χ3v) is 5.02. The summed E-state index contributed by atoms with van der Waals surface area (Å²) in [5.74, 6) is 0.119. The minimum absolute atomic E-state index is 0.0122. The minimum Gasteiger partial charge on any atom is -0.374 e. The lowest BCUT2D eigenvalue weighted by molar-refractivity contribution is -0.155. The van der Waals surface area contributed by atoms with Crippen molar-refractivity contribution in [3.8, 4) is 0 Å². The zero-order valence-electron chi connectivity index (χ0n) is 14.5. The molecule has 24 heavy (non-hydrogen) atoms. The zero-order chi connectivity index (χ0) is 17.1. The Labute approximate surface area is 143 Å². The summed E-state index contributed by atoms with van der Waals surface area (Å²) >= 11 is 0. The van der Waals surface area contributed by atoms with E-state index in [2.05, 4.69) is 0 Å². The number of morpholine rings is 1. The third kappa shape index (κ3) is 3.46. The number of rotatable bonds is 3. The summed E-state index contributed by atoms with van der Waals surface area (Å²) in [5, 5.41) is 0. The Morgan fingerprint density at radius 2 is 2.00 bits per heavy atom. The molecule has 5 heteroatoms. The maximum absolute atomic E-state index is 13.1. The van der Waals surface area contributed by atoms with Crippen molar-refractivity contribution < 1.29 is 14.3 Å². The number of carbonyl (C=O) groups excluding carboxylic acids is 2. The predicted octanol–water partition coefficient (Wildman–Crippen LogP) is 2.38. The maximum atomic E-state index is 13.1. The molecule has 0 aromatic heterocycles. The molecule has 3 rings (SSSR count). The normalized spacial score (nSPS) is 26.3. The molecule has 130 valence electrons. The van der Waals surface area contributed by atoms with Crippen molar-refractivity contribution in [1.29, 1.82) is 0 Å². The predicted molar refractivity (Wildman–Crippen MR) is 91.3 cm³/mol. The smallest absolute Gasteiger partial charge is 0.245 e. The molecular formula is C19H26N2O3. The molecule has 2 aliphatic rings. The van der Waals surface area contributed by atoms with E-state index in [1.165, 1.54) is 0 Å². The van der Waals surface area contributed by atoms with E-state index in [0.29, 0.717) is 26.1 Å². The van der Waals surface area contributed by atoms with Crippen LogP contribution in [0.5, 0.6) is 0 Å². The van der Waals surface area contributed by atoms with Crippen molar-refractivity contribution in [2.45, 2.75) is 51.3 Å². The van der Waals surface area contributed by atoms with Crippen molar-refractivity contribution in [2.75, 3.05) is 19.7 Å². The molecule has 0 unspecified atom stereocenters. The Morgan fingerprint density at radius 1 is 1.25 bits per heavy atom. The fourth-order valence-corrected chi connectivity index (χ4v) is 3.61. The molecule has 0 N–H and O–H groups in total. The average molecular weight is 330 g/mol. The van der Waals surface area contributed by atoms with Gasteiger partial charge in [0.2, 0.25) is 11.8 Å². The molecule has 0 aliphatic carbocycles. The number of amides is 2. The molecule has 0 radical (unpaired) electrons. The van der Waals surface area contributed by atoms with Gasteiger partial charge in [-0.15, -0.1) is 0 Å². The quantitative estimate of drug-likeness (QED) is 0.855. The van der Waals surface area contributed by atoms with E-state index in [1.54, 1.807) is 4.90 Å². The largest absolute Gasteiger partial charge is 0.374 e. The lowest BCUT2D eigenvalue weighted by Gasteiger charge is -2.42. The van der Waals surface area contributed by atoms with Crippen LogP contribution in [0.3, 0.4) is 0 Å². The molecule has 1 aromatic carbocycles. The molecular weight excluding hydrogens is 304 g/mol. The SMILES string of the molecule is C[C@@H]1CN(C(=O)[C@H](C)N2CCCCC2=O)[C@@H](c2ccccc2)CO1. The summed E-state index contributed by atoms with van der Waals surface area (Å²) in [6.07, 6.45) is 2.47. The van der Waals surface area contributed by atoms with Crippen LogP contribution in [0.4, 0.5) is 0 Å². The second-order valence-corrected chi connectivity index (χ2v) is 6.78.